The van der Waals surface area contributed by atoms with E-state index in [-0.39, 0.29) is 126 Å². The topological polar surface area (TPSA) is 66.2 Å². The molecule has 0 fully saturated rings. The van der Waals surface area contributed by atoms with Gasteiger partial charge in [-0.2, -0.15) is 0 Å². The van der Waals surface area contributed by atoms with Crippen molar-refractivity contribution in [2.45, 2.75) is 0 Å². The average Bonchev–Trinajstić information content (AvgIpc) is 0.811. The summed E-state index contributed by atoms with van der Waals surface area (Å²) in [5.41, 5.74) is 0. The van der Waals surface area contributed by atoms with Gasteiger partial charge in [0.15, 0.2) is 0 Å². The SMILES string of the molecule is O=[N+]([O-])[O-].[Ca+2].[Ca+2].[Ca+2].[Cl-]. The Hall–Kier alpha value is 3.27. The van der Waals surface area contributed by atoms with Crippen LogP contribution in [0.5, 0.6) is 0 Å². The molecule has 0 atom stereocenters. The van der Waals surface area contributed by atoms with Crippen LogP contribution in [-0.4, -0.2) is 118 Å². The van der Waals surface area contributed by atoms with Crippen LogP contribution in [0.15, 0.2) is 0 Å². The van der Waals surface area contributed by atoms with Gasteiger partial charge in [-0.15, -0.1) is 0 Å². The van der Waals surface area contributed by atoms with Gasteiger partial charge in [-0.1, -0.05) is 0 Å². The number of hydrogen-bond donors (Lipinski definition) is 0. The minimum absolute atomic E-state index is 0. The van der Waals surface area contributed by atoms with E-state index in [1.54, 1.807) is 0 Å². The van der Waals surface area contributed by atoms with Crippen molar-refractivity contribution in [2.75, 3.05) is 0 Å². The molecular weight excluding hydrogens is 218 g/mol. The van der Waals surface area contributed by atoms with Gasteiger partial charge in [0.05, 0.1) is 5.09 Å². The third kappa shape index (κ3) is 59.3. The molecule has 0 heterocycles. The Morgan fingerprint density at radius 3 is 1.00 bits per heavy atom. The van der Waals surface area contributed by atoms with Crippen LogP contribution in [0, 0.1) is 15.3 Å². The predicted octanol–water partition coefficient (Wildman–Crippen LogP) is -4.38. The molecule has 0 rings (SSSR count). The summed E-state index contributed by atoms with van der Waals surface area (Å²) in [6.45, 7) is 0. The second-order valence-electron chi connectivity index (χ2n) is 0.224. The Morgan fingerprint density at radius 2 is 1.00 bits per heavy atom. The van der Waals surface area contributed by atoms with E-state index < -0.39 is 5.09 Å². The molecule has 0 saturated carbocycles. The largest absolute Gasteiger partial charge is 2.00 e. The molecule has 0 saturated heterocycles. The maximum atomic E-state index is 8.25. The van der Waals surface area contributed by atoms with Gasteiger partial charge in [-0.25, -0.2) is 0 Å². The van der Waals surface area contributed by atoms with Crippen molar-refractivity contribution in [3.63, 3.8) is 0 Å². The van der Waals surface area contributed by atoms with Gasteiger partial charge >= 0.3 is 113 Å². The number of halogens is 1. The quantitative estimate of drug-likeness (QED) is 0.234. The molecule has 0 radical (unpaired) electrons. The molecule has 0 unspecified atom stereocenters. The van der Waals surface area contributed by atoms with Gasteiger partial charge in [-0.3, -0.25) is 0 Å². The Labute approximate surface area is 142 Å². The van der Waals surface area contributed by atoms with Gasteiger partial charge in [0.2, 0.25) is 0 Å². The summed E-state index contributed by atoms with van der Waals surface area (Å²) in [6.07, 6.45) is 0. The second-order valence-corrected chi connectivity index (χ2v) is 0.224. The van der Waals surface area contributed by atoms with Crippen LogP contribution in [0.3, 0.4) is 0 Å². The van der Waals surface area contributed by atoms with Crippen LogP contribution >= 0.6 is 0 Å². The molecule has 0 aliphatic carbocycles. The van der Waals surface area contributed by atoms with E-state index in [1.807, 2.05) is 0 Å². The Morgan fingerprint density at radius 1 is 1.00 bits per heavy atom. The minimum Gasteiger partial charge on any atom is -1.00 e. The smallest absolute Gasteiger partial charge is 1.00 e. The molecule has 8 heavy (non-hydrogen) atoms. The van der Waals surface area contributed by atoms with E-state index in [1.165, 1.54) is 0 Å². The molecule has 0 aromatic carbocycles. The van der Waals surface area contributed by atoms with E-state index >= 15 is 0 Å². The summed E-state index contributed by atoms with van der Waals surface area (Å²) < 4.78 is 0. The normalized spacial score (nSPS) is 3.00. The molecule has 4 nitrogen and oxygen atoms in total. The van der Waals surface area contributed by atoms with Crippen molar-refractivity contribution in [1.82, 2.24) is 0 Å². The molecule has 0 spiro atoms. The van der Waals surface area contributed by atoms with Crippen molar-refractivity contribution >= 4 is 113 Å². The van der Waals surface area contributed by atoms with Gasteiger partial charge in [0.25, 0.3) is 0 Å². The van der Waals surface area contributed by atoms with Crippen molar-refractivity contribution in [3.05, 3.63) is 15.3 Å². The van der Waals surface area contributed by atoms with Crippen LogP contribution in [0.25, 0.3) is 0 Å². The first kappa shape index (κ1) is 30.2. The molecule has 0 aromatic rings. The Bertz CT molecular complexity index is 37.5. The van der Waals surface area contributed by atoms with Crippen molar-refractivity contribution in [3.8, 4) is 0 Å². The standard InChI is InChI=1S/3Ca.ClH.NO3/c;;;;2-1(3)4/h;;;1H;/q3*+2;;-1/p-1. The second kappa shape index (κ2) is 22.4. The number of nitrogens with zero attached hydrogens (tertiary/aromatic N) is 1. The van der Waals surface area contributed by atoms with Crippen LogP contribution in [0.4, 0.5) is 0 Å². The van der Waals surface area contributed by atoms with E-state index in [0.29, 0.717) is 0 Å². The van der Waals surface area contributed by atoms with Crippen LogP contribution in [0.1, 0.15) is 0 Å². The first-order valence-electron chi connectivity index (χ1n) is 0.548. The van der Waals surface area contributed by atoms with Gasteiger partial charge < -0.3 is 27.7 Å². The third-order valence-corrected chi connectivity index (χ3v) is 0. The fraction of sp³-hybridized carbons (Fsp3) is 0. The molecule has 0 aliphatic heterocycles. The maximum Gasteiger partial charge on any atom is 2.00 e. The zero-order valence-electron chi connectivity index (χ0n) is 4.17. The summed E-state index contributed by atoms with van der Waals surface area (Å²) >= 11 is 0. The fourth-order valence-electron chi connectivity index (χ4n) is 0. The van der Waals surface area contributed by atoms with Gasteiger partial charge in [-0.05, 0) is 0 Å². The summed E-state index contributed by atoms with van der Waals surface area (Å²) in [4.78, 5) is 8.25. The van der Waals surface area contributed by atoms with E-state index in [2.05, 4.69) is 0 Å². The molecular formula is Ca3ClNO3+4. The van der Waals surface area contributed by atoms with E-state index in [0.717, 1.165) is 0 Å². The summed E-state index contributed by atoms with van der Waals surface area (Å²) in [5.74, 6) is 0. The van der Waals surface area contributed by atoms with Crippen molar-refractivity contribution in [1.29, 1.82) is 0 Å². The van der Waals surface area contributed by atoms with Gasteiger partial charge in [0, 0.05) is 0 Å². The summed E-state index contributed by atoms with van der Waals surface area (Å²) in [7, 11) is 0. The Kier molecular flexibility index (Phi) is 84.8. The Balaban J connectivity index is -0.00000000750. The van der Waals surface area contributed by atoms with Crippen LogP contribution < -0.4 is 12.4 Å². The summed E-state index contributed by atoms with van der Waals surface area (Å²) in [5, 5.41) is 14.8. The minimum atomic E-state index is -1.75. The van der Waals surface area contributed by atoms with Crippen molar-refractivity contribution < 1.29 is 17.5 Å². The zero-order chi connectivity index (χ0) is 3.58. The average molecular weight is 218 g/mol. The van der Waals surface area contributed by atoms with Gasteiger partial charge in [0.1, 0.15) is 0 Å². The summed E-state index contributed by atoms with van der Waals surface area (Å²) in [6, 6.07) is 0. The monoisotopic (exact) mass is 217 g/mol. The first-order chi connectivity index (χ1) is 1.73. The molecule has 32 valence electrons. The predicted molar refractivity (Wildman–Crippen MR) is 27.6 cm³/mol. The maximum absolute atomic E-state index is 8.25. The van der Waals surface area contributed by atoms with Crippen molar-refractivity contribution in [2.24, 2.45) is 0 Å². The van der Waals surface area contributed by atoms with Crippen LogP contribution in [0.2, 0.25) is 0 Å². The van der Waals surface area contributed by atoms with E-state index in [9.17, 15) is 0 Å². The molecule has 0 bridgehead atoms. The van der Waals surface area contributed by atoms with E-state index in [4.69, 9.17) is 15.3 Å². The third-order valence-electron chi connectivity index (χ3n) is 0. The first-order valence-corrected chi connectivity index (χ1v) is 0.548. The van der Waals surface area contributed by atoms with Crippen LogP contribution in [-0.2, 0) is 0 Å². The molecule has 8 heteroatoms. The number of hydrogen-bond acceptors (Lipinski definition) is 3. The number of rotatable bonds is 0. The molecule has 0 amide bonds. The fourth-order valence-corrected chi connectivity index (χ4v) is 0. The molecule has 0 aromatic heterocycles. The molecule has 0 N–H and O–H groups in total. The molecule has 0 aliphatic rings. The zero-order valence-corrected chi connectivity index (χ0v) is 11.6.